The molecule has 0 heterocycles. The molecule has 0 saturated heterocycles. The Hall–Kier alpha value is -1.75. The first kappa shape index (κ1) is 16.3. The molecule has 0 aliphatic rings. The van der Waals surface area contributed by atoms with Crippen LogP contribution in [0.1, 0.15) is 18.4 Å². The molecule has 0 fully saturated rings. The lowest BCUT2D eigenvalue weighted by atomic mass is 10.2. The highest BCUT2D eigenvalue weighted by Gasteiger charge is 2.07. The van der Waals surface area contributed by atoms with Crippen LogP contribution in [-0.2, 0) is 11.3 Å². The molecular weight excluding hydrogens is 256 g/mol. The van der Waals surface area contributed by atoms with Gasteiger partial charge in [-0.05, 0) is 31.2 Å². The van der Waals surface area contributed by atoms with E-state index < -0.39 is 0 Å². The number of rotatable bonds is 8. The molecule has 0 aromatic heterocycles. The predicted octanol–water partition coefficient (Wildman–Crippen LogP) is 1.66. The molecule has 5 nitrogen and oxygen atoms in total. The van der Waals surface area contributed by atoms with Crippen LogP contribution in [0, 0.1) is 0 Å². The van der Waals surface area contributed by atoms with E-state index in [4.69, 9.17) is 9.47 Å². The Kier molecular flexibility index (Phi) is 6.87. The quantitative estimate of drug-likeness (QED) is 0.736. The molecule has 0 saturated carbocycles. The van der Waals surface area contributed by atoms with Gasteiger partial charge in [-0.2, -0.15) is 0 Å². The molecule has 0 unspecified atom stereocenters. The van der Waals surface area contributed by atoms with Crippen molar-refractivity contribution < 1.29 is 14.3 Å². The fraction of sp³-hybridized carbons (Fsp3) is 0.533. The van der Waals surface area contributed by atoms with E-state index >= 15 is 0 Å². The first-order valence-electron chi connectivity index (χ1n) is 6.73. The number of nitrogens with zero attached hydrogens (tertiary/aromatic N) is 1. The number of benzene rings is 1. The second-order valence-electron chi connectivity index (χ2n) is 4.76. The molecule has 1 amide bonds. The summed E-state index contributed by atoms with van der Waals surface area (Å²) in [7, 11) is 7.04. The van der Waals surface area contributed by atoms with Gasteiger partial charge in [0.2, 0.25) is 5.91 Å². The Morgan fingerprint density at radius 3 is 2.65 bits per heavy atom. The standard InChI is InChI=1S/C15H24N2O3/c1-16-11-12-7-8-13(14(10-12)19-4)20-9-5-6-15(18)17(2)3/h7-8,10,16H,5-6,9,11H2,1-4H3. The third kappa shape index (κ3) is 5.09. The van der Waals surface area contributed by atoms with Gasteiger partial charge in [0.25, 0.3) is 0 Å². The predicted molar refractivity (Wildman–Crippen MR) is 79.2 cm³/mol. The smallest absolute Gasteiger partial charge is 0.222 e. The Labute approximate surface area is 120 Å². The van der Waals surface area contributed by atoms with Crippen molar-refractivity contribution in [2.24, 2.45) is 0 Å². The van der Waals surface area contributed by atoms with Gasteiger partial charge >= 0.3 is 0 Å². The third-order valence-corrected chi connectivity index (χ3v) is 2.90. The van der Waals surface area contributed by atoms with Crippen molar-refractivity contribution in [3.05, 3.63) is 23.8 Å². The van der Waals surface area contributed by atoms with Gasteiger partial charge in [-0.15, -0.1) is 0 Å². The van der Waals surface area contributed by atoms with Gasteiger partial charge in [0, 0.05) is 27.1 Å². The molecule has 0 radical (unpaired) electrons. The maximum atomic E-state index is 11.4. The summed E-state index contributed by atoms with van der Waals surface area (Å²) in [6.45, 7) is 1.29. The number of hydrogen-bond acceptors (Lipinski definition) is 4. The monoisotopic (exact) mass is 280 g/mol. The maximum Gasteiger partial charge on any atom is 0.222 e. The molecule has 1 rings (SSSR count). The fourth-order valence-electron chi connectivity index (χ4n) is 1.77. The molecule has 112 valence electrons. The first-order valence-corrected chi connectivity index (χ1v) is 6.73. The summed E-state index contributed by atoms with van der Waals surface area (Å²) >= 11 is 0. The minimum atomic E-state index is 0.116. The minimum Gasteiger partial charge on any atom is -0.493 e. The maximum absolute atomic E-state index is 11.4. The normalized spacial score (nSPS) is 10.2. The number of nitrogens with one attached hydrogen (secondary N) is 1. The van der Waals surface area contributed by atoms with Gasteiger partial charge in [0.1, 0.15) is 0 Å². The van der Waals surface area contributed by atoms with Crippen molar-refractivity contribution in [3.63, 3.8) is 0 Å². The third-order valence-electron chi connectivity index (χ3n) is 2.90. The van der Waals surface area contributed by atoms with Crippen LogP contribution in [0.3, 0.4) is 0 Å². The lowest BCUT2D eigenvalue weighted by Crippen LogP contribution is -2.21. The summed E-state index contributed by atoms with van der Waals surface area (Å²) in [6, 6.07) is 5.86. The van der Waals surface area contributed by atoms with Crippen LogP contribution in [0.25, 0.3) is 0 Å². The summed E-state index contributed by atoms with van der Waals surface area (Å²) in [5.41, 5.74) is 1.14. The number of amides is 1. The van der Waals surface area contributed by atoms with E-state index in [-0.39, 0.29) is 5.91 Å². The largest absolute Gasteiger partial charge is 0.493 e. The van der Waals surface area contributed by atoms with E-state index in [0.717, 1.165) is 17.9 Å². The van der Waals surface area contributed by atoms with Crippen molar-refractivity contribution in [2.75, 3.05) is 34.9 Å². The van der Waals surface area contributed by atoms with E-state index in [1.807, 2.05) is 25.2 Å². The van der Waals surface area contributed by atoms with Crippen molar-refractivity contribution in [1.29, 1.82) is 0 Å². The number of methoxy groups -OCH3 is 1. The van der Waals surface area contributed by atoms with Gasteiger partial charge in [-0.3, -0.25) is 4.79 Å². The Balaban J connectivity index is 2.49. The molecule has 1 N–H and O–H groups in total. The van der Waals surface area contributed by atoms with Gasteiger partial charge < -0.3 is 19.7 Å². The molecular formula is C15H24N2O3. The average molecular weight is 280 g/mol. The molecule has 1 aromatic rings. The SMILES string of the molecule is CNCc1ccc(OCCCC(=O)N(C)C)c(OC)c1. The van der Waals surface area contributed by atoms with Crippen LogP contribution < -0.4 is 14.8 Å². The summed E-state index contributed by atoms with van der Waals surface area (Å²) < 4.78 is 11.0. The van der Waals surface area contributed by atoms with Crippen LogP contribution in [0.15, 0.2) is 18.2 Å². The Morgan fingerprint density at radius 2 is 2.05 bits per heavy atom. The molecule has 0 aliphatic heterocycles. The van der Waals surface area contributed by atoms with Crippen LogP contribution in [0.4, 0.5) is 0 Å². The Morgan fingerprint density at radius 1 is 1.30 bits per heavy atom. The minimum absolute atomic E-state index is 0.116. The van der Waals surface area contributed by atoms with E-state index in [0.29, 0.717) is 25.2 Å². The average Bonchev–Trinajstić information content (AvgIpc) is 2.44. The van der Waals surface area contributed by atoms with Gasteiger partial charge in [0.05, 0.1) is 13.7 Å². The molecule has 1 aromatic carbocycles. The Bertz CT molecular complexity index is 433. The zero-order valence-electron chi connectivity index (χ0n) is 12.7. The number of carbonyl (C=O) groups is 1. The lowest BCUT2D eigenvalue weighted by Gasteiger charge is -2.13. The summed E-state index contributed by atoms with van der Waals surface area (Å²) in [5.74, 6) is 1.55. The van der Waals surface area contributed by atoms with Gasteiger partial charge in [-0.25, -0.2) is 0 Å². The number of hydrogen-bond donors (Lipinski definition) is 1. The van der Waals surface area contributed by atoms with Crippen molar-refractivity contribution >= 4 is 5.91 Å². The van der Waals surface area contributed by atoms with Crippen LogP contribution in [-0.4, -0.2) is 45.7 Å². The fourth-order valence-corrected chi connectivity index (χ4v) is 1.77. The van der Waals surface area contributed by atoms with Crippen molar-refractivity contribution in [1.82, 2.24) is 10.2 Å². The van der Waals surface area contributed by atoms with E-state index in [9.17, 15) is 4.79 Å². The molecule has 0 spiro atoms. The highest BCUT2D eigenvalue weighted by Crippen LogP contribution is 2.28. The highest BCUT2D eigenvalue weighted by atomic mass is 16.5. The zero-order valence-corrected chi connectivity index (χ0v) is 12.7. The topological polar surface area (TPSA) is 50.8 Å². The van der Waals surface area contributed by atoms with E-state index in [1.165, 1.54) is 0 Å². The zero-order chi connectivity index (χ0) is 15.0. The second kappa shape index (κ2) is 8.43. The molecule has 0 aliphatic carbocycles. The van der Waals surface area contributed by atoms with Crippen LogP contribution in [0.2, 0.25) is 0 Å². The van der Waals surface area contributed by atoms with Crippen molar-refractivity contribution in [2.45, 2.75) is 19.4 Å². The summed E-state index contributed by atoms with van der Waals surface area (Å²) in [6.07, 6.45) is 1.19. The summed E-state index contributed by atoms with van der Waals surface area (Å²) in [5, 5.41) is 3.09. The summed E-state index contributed by atoms with van der Waals surface area (Å²) in [4.78, 5) is 13.0. The molecule has 20 heavy (non-hydrogen) atoms. The molecule has 5 heteroatoms. The lowest BCUT2D eigenvalue weighted by molar-refractivity contribution is -0.128. The van der Waals surface area contributed by atoms with E-state index in [2.05, 4.69) is 5.32 Å². The molecule has 0 atom stereocenters. The highest BCUT2D eigenvalue weighted by molar-refractivity contribution is 5.75. The number of ether oxygens (including phenoxy) is 2. The van der Waals surface area contributed by atoms with Crippen LogP contribution in [0.5, 0.6) is 11.5 Å². The van der Waals surface area contributed by atoms with Gasteiger partial charge in [-0.1, -0.05) is 6.07 Å². The van der Waals surface area contributed by atoms with E-state index in [1.54, 1.807) is 26.1 Å². The molecule has 0 bridgehead atoms. The second-order valence-corrected chi connectivity index (χ2v) is 4.76. The first-order chi connectivity index (χ1) is 9.58. The van der Waals surface area contributed by atoms with Gasteiger partial charge in [0.15, 0.2) is 11.5 Å². The van der Waals surface area contributed by atoms with Crippen molar-refractivity contribution in [3.8, 4) is 11.5 Å². The number of carbonyl (C=O) groups excluding carboxylic acids is 1. The van der Waals surface area contributed by atoms with Crippen LogP contribution >= 0.6 is 0 Å².